The minimum Gasteiger partial charge on any atom is -0.165 e. The molecule has 0 fully saturated rings. The quantitative estimate of drug-likeness (QED) is 0.402. The van der Waals surface area contributed by atoms with E-state index in [0.29, 0.717) is 0 Å². The summed E-state index contributed by atoms with van der Waals surface area (Å²) in [5.41, 5.74) is 1.34. The summed E-state index contributed by atoms with van der Waals surface area (Å²) in [6, 6.07) is 17.5. The van der Waals surface area contributed by atoms with Gasteiger partial charge in [-0.2, -0.15) is 6.07 Å². The summed E-state index contributed by atoms with van der Waals surface area (Å²) in [6.45, 7) is 2.14. The number of hydrogen-bond donors (Lipinski definition) is 0. The van der Waals surface area contributed by atoms with Crippen molar-refractivity contribution in [2.24, 2.45) is 0 Å². The Morgan fingerprint density at radius 1 is 0.867 bits per heavy atom. The molecule has 0 aliphatic carbocycles. The summed E-state index contributed by atoms with van der Waals surface area (Å²) in [5.74, 6) is 0. The van der Waals surface area contributed by atoms with E-state index in [0.717, 1.165) is 0 Å². The van der Waals surface area contributed by atoms with Gasteiger partial charge in [0.2, 0.25) is 0 Å². The van der Waals surface area contributed by atoms with Crippen molar-refractivity contribution in [3.8, 4) is 0 Å². The molecule has 0 bridgehead atoms. The molecule has 0 aliphatic rings. The van der Waals surface area contributed by atoms with Crippen LogP contribution in [0.15, 0.2) is 48.5 Å². The fourth-order valence-corrected chi connectivity index (χ4v) is 2.06. The van der Waals surface area contributed by atoms with E-state index < -0.39 is 0 Å². The molecule has 0 N–H and O–H groups in total. The van der Waals surface area contributed by atoms with E-state index in [1.165, 1.54) is 27.1 Å². The van der Waals surface area contributed by atoms with Crippen LogP contribution in [0.1, 0.15) is 5.56 Å². The smallest absolute Gasteiger partial charge is 0 e. The van der Waals surface area contributed by atoms with Gasteiger partial charge < -0.3 is 0 Å². The molecule has 15 heavy (non-hydrogen) atoms. The zero-order valence-corrected chi connectivity index (χ0v) is 10.2. The molecule has 0 unspecified atom stereocenters. The van der Waals surface area contributed by atoms with Crippen molar-refractivity contribution in [2.45, 2.75) is 6.92 Å². The maximum Gasteiger partial charge on any atom is 0 e. The van der Waals surface area contributed by atoms with Gasteiger partial charge >= 0.3 is 0 Å². The van der Waals surface area contributed by atoms with Gasteiger partial charge in [0.05, 0.1) is 0 Å². The van der Waals surface area contributed by atoms with Crippen molar-refractivity contribution in [2.75, 3.05) is 0 Å². The molecule has 0 radical (unpaired) electrons. The third kappa shape index (κ3) is 1.76. The maximum absolute atomic E-state index is 2.26. The third-order valence-electron chi connectivity index (χ3n) is 2.72. The Morgan fingerprint density at radius 2 is 1.53 bits per heavy atom. The van der Waals surface area contributed by atoms with Gasteiger partial charge in [-0.15, -0.1) is 28.5 Å². The van der Waals surface area contributed by atoms with Gasteiger partial charge in [-0.3, -0.25) is 0 Å². The molecule has 0 saturated heterocycles. The van der Waals surface area contributed by atoms with Crippen LogP contribution >= 0.6 is 0 Å². The first-order valence-corrected chi connectivity index (χ1v) is 4.89. The molecule has 0 atom stereocenters. The first-order valence-electron chi connectivity index (χ1n) is 4.89. The van der Waals surface area contributed by atoms with E-state index in [1.807, 2.05) is 0 Å². The first kappa shape index (κ1) is 10.5. The van der Waals surface area contributed by atoms with Crippen molar-refractivity contribution in [3.63, 3.8) is 0 Å². The van der Waals surface area contributed by atoms with Gasteiger partial charge in [0.25, 0.3) is 0 Å². The van der Waals surface area contributed by atoms with E-state index in [9.17, 15) is 0 Å². The predicted octanol–water partition coefficient (Wildman–Crippen LogP) is 4.02. The van der Waals surface area contributed by atoms with Crippen LogP contribution in [0.3, 0.4) is 0 Å². The van der Waals surface area contributed by atoms with Crippen molar-refractivity contribution in [3.05, 3.63) is 54.1 Å². The molecule has 0 heterocycles. The molecule has 3 rings (SSSR count). The van der Waals surface area contributed by atoms with Gasteiger partial charge in [-0.1, -0.05) is 42.6 Å². The molecule has 72 valence electrons. The zero-order chi connectivity index (χ0) is 9.54. The number of benzene rings is 2. The number of hydrogen-bond acceptors (Lipinski definition) is 0. The van der Waals surface area contributed by atoms with Crippen molar-refractivity contribution in [1.29, 1.82) is 0 Å². The molecule has 1 heteroatoms. The van der Waals surface area contributed by atoms with Crippen molar-refractivity contribution in [1.82, 2.24) is 0 Å². The minimum atomic E-state index is 0. The van der Waals surface area contributed by atoms with Crippen LogP contribution in [-0.4, -0.2) is 0 Å². The minimum absolute atomic E-state index is 0. The Balaban J connectivity index is 0.000000853. The Kier molecular flexibility index (Phi) is 2.73. The van der Waals surface area contributed by atoms with Gasteiger partial charge in [0.1, 0.15) is 0 Å². The average molecular weight is 227 g/mol. The second-order valence-electron chi connectivity index (χ2n) is 3.86. The van der Waals surface area contributed by atoms with Gasteiger partial charge in [-0.25, -0.2) is 0 Å². The largest absolute Gasteiger partial charge is 0.165 e. The summed E-state index contributed by atoms with van der Waals surface area (Å²) >= 11 is 0. The van der Waals surface area contributed by atoms with Gasteiger partial charge in [-0.05, 0) is 5.39 Å². The molecule has 0 aliphatic heterocycles. The summed E-state index contributed by atoms with van der Waals surface area (Å²) < 4.78 is 0. The predicted molar refractivity (Wildman–Crippen MR) is 61.8 cm³/mol. The molecule has 0 saturated carbocycles. The summed E-state index contributed by atoms with van der Waals surface area (Å²) in [5, 5.41) is 5.35. The van der Waals surface area contributed by atoms with Gasteiger partial charge in [0.15, 0.2) is 0 Å². The van der Waals surface area contributed by atoms with Gasteiger partial charge in [0, 0.05) is 21.7 Å². The van der Waals surface area contributed by atoms with Crippen LogP contribution in [0, 0.1) is 6.92 Å². The van der Waals surface area contributed by atoms with Crippen LogP contribution in [0.2, 0.25) is 0 Å². The molecule has 0 aromatic heterocycles. The molecular weight excluding hydrogens is 216 g/mol. The number of rotatable bonds is 0. The standard InChI is InChI=1S/C14H11.Ti/c1-10-6-13-8-11-4-2-3-5-12(11)9-14(13)7-10;/h2-9H,1H3;/q-1;. The van der Waals surface area contributed by atoms with Crippen molar-refractivity contribution < 1.29 is 21.7 Å². The third-order valence-corrected chi connectivity index (χ3v) is 2.72. The molecule has 3 aromatic rings. The topological polar surface area (TPSA) is 0 Å². The summed E-state index contributed by atoms with van der Waals surface area (Å²) in [7, 11) is 0. The van der Waals surface area contributed by atoms with Crippen LogP contribution in [-0.2, 0) is 21.7 Å². The SMILES string of the molecule is Cc1cc2cc3ccccc3cc2[cH-]1.[Ti]. The molecule has 0 amide bonds. The Morgan fingerprint density at radius 3 is 2.27 bits per heavy atom. The molecular formula is C14H11Ti-. The van der Waals surface area contributed by atoms with Crippen LogP contribution in [0.4, 0.5) is 0 Å². The summed E-state index contributed by atoms with van der Waals surface area (Å²) in [6.07, 6.45) is 0. The molecule has 0 spiro atoms. The number of fused-ring (bicyclic) bond motifs is 2. The molecule has 3 aromatic carbocycles. The summed E-state index contributed by atoms with van der Waals surface area (Å²) in [4.78, 5) is 0. The van der Waals surface area contributed by atoms with E-state index in [1.54, 1.807) is 0 Å². The van der Waals surface area contributed by atoms with E-state index in [2.05, 4.69) is 55.5 Å². The Bertz CT molecular complexity index is 552. The average Bonchev–Trinajstić information content (AvgIpc) is 2.53. The van der Waals surface area contributed by atoms with Crippen molar-refractivity contribution >= 4 is 21.5 Å². The second-order valence-corrected chi connectivity index (χ2v) is 3.86. The molecule has 0 nitrogen and oxygen atoms in total. The fraction of sp³-hybridized carbons (Fsp3) is 0.0714. The monoisotopic (exact) mass is 227 g/mol. The van der Waals surface area contributed by atoms with Crippen LogP contribution in [0.5, 0.6) is 0 Å². The first-order chi connectivity index (χ1) is 6.83. The van der Waals surface area contributed by atoms with E-state index >= 15 is 0 Å². The van der Waals surface area contributed by atoms with Crippen LogP contribution < -0.4 is 0 Å². The number of aryl methyl sites for hydroxylation is 1. The Labute approximate surface area is 104 Å². The normalized spacial score (nSPS) is 10.5. The zero-order valence-electron chi connectivity index (χ0n) is 8.62. The second kappa shape index (κ2) is 3.88. The fourth-order valence-electron chi connectivity index (χ4n) is 2.06. The van der Waals surface area contributed by atoms with E-state index in [4.69, 9.17) is 0 Å². The Hall–Kier alpha value is -0.976. The van der Waals surface area contributed by atoms with E-state index in [-0.39, 0.29) is 21.7 Å². The maximum atomic E-state index is 2.26. The van der Waals surface area contributed by atoms with Crippen LogP contribution in [0.25, 0.3) is 21.5 Å².